The summed E-state index contributed by atoms with van der Waals surface area (Å²) in [5.41, 5.74) is 2.68. The molecule has 0 saturated carbocycles. The fourth-order valence-corrected chi connectivity index (χ4v) is 14.6. The molecule has 0 aliphatic carbocycles. The first kappa shape index (κ1) is 49.0. The van der Waals surface area contributed by atoms with Crippen LogP contribution in [0.5, 0.6) is 0 Å². The van der Waals surface area contributed by atoms with E-state index in [1.54, 1.807) is 0 Å². The molecule has 1 aliphatic heterocycles. The van der Waals surface area contributed by atoms with Crippen LogP contribution in [0.1, 0.15) is 104 Å². The van der Waals surface area contributed by atoms with Crippen LogP contribution in [0.25, 0.3) is 0 Å². The van der Waals surface area contributed by atoms with E-state index in [1.807, 2.05) is 32.9 Å². The maximum absolute atomic E-state index is 13.4. The number of carbonyl (C=O) groups is 1. The SMILES string of the molecule is Cc1cccc(CCC[C@@H]2OC(C)(C)O[C@@H]2C(/C=C\[C@@H](C)[C@H](C)O[Si](c2ccccc2)(c2ccccc2)C(C)(C)C)O[Si](C)(C)C(C)(C)C)c1C(=O)OCC[Si](C)(C)C. The van der Waals surface area contributed by atoms with Crippen molar-refractivity contribution in [3.05, 3.63) is 108 Å². The van der Waals surface area contributed by atoms with Crippen molar-refractivity contribution in [3.8, 4) is 0 Å². The molecule has 9 heteroatoms. The molecule has 1 saturated heterocycles. The van der Waals surface area contributed by atoms with Crippen molar-refractivity contribution >= 4 is 41.1 Å². The lowest BCUT2D eigenvalue weighted by Gasteiger charge is -2.45. The fraction of sp³-hybridized carbons (Fsp3) is 0.580. The number of carbonyl (C=O) groups excluding carboxylic acids is 1. The summed E-state index contributed by atoms with van der Waals surface area (Å²) in [5.74, 6) is -0.898. The van der Waals surface area contributed by atoms with E-state index in [0.29, 0.717) is 12.2 Å². The Morgan fingerprint density at radius 1 is 0.780 bits per heavy atom. The Hall–Kier alpha value is -2.64. The first-order chi connectivity index (χ1) is 27.3. The minimum absolute atomic E-state index is 0.000110. The molecule has 326 valence electrons. The maximum atomic E-state index is 13.4. The van der Waals surface area contributed by atoms with E-state index in [9.17, 15) is 4.79 Å². The highest BCUT2D eigenvalue weighted by molar-refractivity contribution is 6.99. The molecule has 1 aliphatic rings. The van der Waals surface area contributed by atoms with Crippen molar-refractivity contribution in [2.75, 3.05) is 6.61 Å². The van der Waals surface area contributed by atoms with Gasteiger partial charge >= 0.3 is 5.97 Å². The maximum Gasteiger partial charge on any atom is 0.338 e. The minimum atomic E-state index is -2.75. The average molecular weight is 859 g/mol. The van der Waals surface area contributed by atoms with Gasteiger partial charge in [0.25, 0.3) is 8.32 Å². The van der Waals surface area contributed by atoms with Gasteiger partial charge in [-0.05, 0) is 104 Å². The highest BCUT2D eigenvalue weighted by Gasteiger charge is 2.52. The number of ether oxygens (including phenoxy) is 3. The largest absolute Gasteiger partial charge is 0.462 e. The lowest BCUT2D eigenvalue weighted by Crippen LogP contribution is -2.67. The summed E-state index contributed by atoms with van der Waals surface area (Å²) in [6.45, 7) is 36.3. The molecule has 1 heterocycles. The second-order valence-electron chi connectivity index (χ2n) is 21.2. The zero-order valence-electron chi connectivity index (χ0n) is 39.5. The van der Waals surface area contributed by atoms with Crippen molar-refractivity contribution in [2.24, 2.45) is 5.92 Å². The third kappa shape index (κ3) is 12.7. The number of hydrogen-bond donors (Lipinski definition) is 0. The summed E-state index contributed by atoms with van der Waals surface area (Å²) in [6.07, 6.45) is 5.97. The Morgan fingerprint density at radius 2 is 1.36 bits per heavy atom. The van der Waals surface area contributed by atoms with Crippen LogP contribution in [0.4, 0.5) is 0 Å². The predicted molar refractivity (Wildman–Crippen MR) is 255 cm³/mol. The van der Waals surface area contributed by atoms with Gasteiger partial charge in [-0.15, -0.1) is 0 Å². The lowest BCUT2D eigenvalue weighted by atomic mass is 9.95. The van der Waals surface area contributed by atoms with E-state index in [2.05, 4.69) is 167 Å². The van der Waals surface area contributed by atoms with Crippen molar-refractivity contribution in [1.29, 1.82) is 0 Å². The van der Waals surface area contributed by atoms with Crippen molar-refractivity contribution in [2.45, 2.75) is 174 Å². The average Bonchev–Trinajstić information content (AvgIpc) is 3.44. The number of benzene rings is 3. The Bertz CT molecular complexity index is 1780. The van der Waals surface area contributed by atoms with Gasteiger partial charge in [-0.1, -0.05) is 159 Å². The summed E-state index contributed by atoms with van der Waals surface area (Å²) in [5, 5.41) is 2.43. The monoisotopic (exact) mass is 859 g/mol. The first-order valence-corrected chi connectivity index (χ1v) is 30.6. The van der Waals surface area contributed by atoms with Crippen molar-refractivity contribution < 1.29 is 27.9 Å². The summed E-state index contributed by atoms with van der Waals surface area (Å²) in [4.78, 5) is 13.4. The fourth-order valence-electron chi connectivity index (χ4n) is 7.86. The number of hydrogen-bond acceptors (Lipinski definition) is 6. The molecule has 1 fully saturated rings. The van der Waals surface area contributed by atoms with Crippen LogP contribution in [0.15, 0.2) is 91.0 Å². The second kappa shape index (κ2) is 19.6. The molecule has 6 nitrogen and oxygen atoms in total. The van der Waals surface area contributed by atoms with E-state index in [4.69, 9.17) is 23.1 Å². The summed E-state index contributed by atoms with van der Waals surface area (Å²) in [7, 11) is -6.33. The molecule has 0 N–H and O–H groups in total. The molecule has 0 radical (unpaired) electrons. The third-order valence-electron chi connectivity index (χ3n) is 12.5. The molecule has 5 atom stereocenters. The molecule has 3 aromatic carbocycles. The first-order valence-electron chi connectivity index (χ1n) is 22.0. The Morgan fingerprint density at radius 3 is 1.88 bits per heavy atom. The smallest absolute Gasteiger partial charge is 0.338 e. The van der Waals surface area contributed by atoms with Gasteiger partial charge in [-0.3, -0.25) is 0 Å². The van der Waals surface area contributed by atoms with Gasteiger partial charge in [0.15, 0.2) is 14.1 Å². The van der Waals surface area contributed by atoms with Gasteiger partial charge in [0, 0.05) is 14.2 Å². The van der Waals surface area contributed by atoms with Crippen LogP contribution in [0.2, 0.25) is 48.9 Å². The summed E-state index contributed by atoms with van der Waals surface area (Å²) in [6, 6.07) is 28.8. The number of rotatable bonds is 18. The van der Waals surface area contributed by atoms with Crippen LogP contribution in [0, 0.1) is 12.8 Å². The molecule has 0 spiro atoms. The molecule has 4 rings (SSSR count). The topological polar surface area (TPSA) is 63.2 Å². The van der Waals surface area contributed by atoms with Crippen LogP contribution < -0.4 is 10.4 Å². The van der Waals surface area contributed by atoms with E-state index < -0.39 is 30.5 Å². The Kier molecular flexibility index (Phi) is 16.3. The third-order valence-corrected chi connectivity index (χ3v) is 23.8. The number of aryl methyl sites for hydroxylation is 2. The van der Waals surface area contributed by atoms with Gasteiger partial charge in [0.1, 0.15) is 6.10 Å². The zero-order chi connectivity index (χ0) is 44.0. The van der Waals surface area contributed by atoms with E-state index in [0.717, 1.165) is 36.4 Å². The predicted octanol–water partition coefficient (Wildman–Crippen LogP) is 11.9. The Labute approximate surface area is 362 Å². The molecule has 0 bridgehead atoms. The molecule has 1 unspecified atom stereocenters. The Balaban J connectivity index is 1.61. The van der Waals surface area contributed by atoms with E-state index >= 15 is 0 Å². The zero-order valence-corrected chi connectivity index (χ0v) is 42.5. The van der Waals surface area contributed by atoms with E-state index in [-0.39, 0.29) is 46.4 Å². The second-order valence-corrected chi connectivity index (χ2v) is 35.8. The van der Waals surface area contributed by atoms with Gasteiger partial charge < -0.3 is 23.1 Å². The quantitative estimate of drug-likeness (QED) is 0.0721. The van der Waals surface area contributed by atoms with Crippen LogP contribution in [-0.2, 0) is 29.5 Å². The van der Waals surface area contributed by atoms with Gasteiger partial charge in [-0.25, -0.2) is 4.79 Å². The lowest BCUT2D eigenvalue weighted by molar-refractivity contribution is -0.152. The minimum Gasteiger partial charge on any atom is -0.462 e. The highest BCUT2D eigenvalue weighted by atomic mass is 28.4. The molecular weight excluding hydrogens is 781 g/mol. The molecule has 0 aromatic heterocycles. The van der Waals surface area contributed by atoms with Crippen LogP contribution >= 0.6 is 0 Å². The molecule has 0 amide bonds. The molecule has 59 heavy (non-hydrogen) atoms. The van der Waals surface area contributed by atoms with Crippen molar-refractivity contribution in [1.82, 2.24) is 0 Å². The standard InChI is InChI=1S/C50H78O6Si3/c1-37(39(3)55-59(49(7,8)9,41-28-19-17-20-29-41)42-30-21-18-22-31-42)33-34-44(56-58(15,16)48(4,5)6)46-43(53-50(10,11)54-46)32-24-27-40-26-23-25-38(2)45(40)47(51)52-35-36-57(12,13)14/h17-23,25-26,28-31,33-34,37,39,43-44,46H,24,27,32,35-36H2,1-16H3/b34-33-/t37-,39+,43+,44?,46+/m1/s1. The van der Waals surface area contributed by atoms with Gasteiger partial charge in [0.2, 0.25) is 0 Å². The molecular formula is C50H78O6Si3. The summed E-state index contributed by atoms with van der Waals surface area (Å²) >= 11 is 0. The molecule has 3 aromatic rings. The van der Waals surface area contributed by atoms with Gasteiger partial charge in [0.05, 0.1) is 24.4 Å². The number of esters is 1. The van der Waals surface area contributed by atoms with E-state index in [1.165, 1.54) is 10.4 Å². The van der Waals surface area contributed by atoms with Crippen LogP contribution in [-0.4, -0.2) is 67.5 Å². The normalized spacial score (nSPS) is 19.5. The highest BCUT2D eigenvalue weighted by Crippen LogP contribution is 2.42. The van der Waals surface area contributed by atoms with Crippen molar-refractivity contribution in [3.63, 3.8) is 0 Å². The summed E-state index contributed by atoms with van der Waals surface area (Å²) < 4.78 is 34.1. The van der Waals surface area contributed by atoms with Gasteiger partial charge in [-0.2, -0.15) is 0 Å². The van der Waals surface area contributed by atoms with Crippen LogP contribution in [0.3, 0.4) is 0 Å².